The van der Waals surface area contributed by atoms with E-state index in [4.69, 9.17) is 19.7 Å². The van der Waals surface area contributed by atoms with Gasteiger partial charge in [0.25, 0.3) is 0 Å². The van der Waals surface area contributed by atoms with Gasteiger partial charge in [0, 0.05) is 0 Å². The van der Waals surface area contributed by atoms with E-state index in [1.807, 2.05) is 0 Å². The first kappa shape index (κ1) is 29.3. The first-order valence-electron chi connectivity index (χ1n) is 11.6. The molecule has 2 aromatic heterocycles. The molecular formula is C23H30F3N6O5P. The predicted molar refractivity (Wildman–Crippen MR) is 133 cm³/mol. The molecule has 0 fully saturated rings. The van der Waals surface area contributed by atoms with Crippen molar-refractivity contribution in [2.75, 3.05) is 12.1 Å². The van der Waals surface area contributed by atoms with Gasteiger partial charge in [-0.05, 0) is 58.9 Å². The number of nitrogens with zero attached hydrogens (tertiary/aromatic N) is 4. The molecule has 38 heavy (non-hydrogen) atoms. The summed E-state index contributed by atoms with van der Waals surface area (Å²) >= 11 is 0. The van der Waals surface area contributed by atoms with Gasteiger partial charge >= 0.3 is 19.7 Å². The van der Waals surface area contributed by atoms with Gasteiger partial charge < -0.3 is 24.3 Å². The topological polar surface area (TPSA) is 143 Å². The van der Waals surface area contributed by atoms with Crippen molar-refractivity contribution in [3.8, 4) is 5.75 Å². The van der Waals surface area contributed by atoms with Gasteiger partial charge in [0.05, 0.1) is 30.6 Å². The zero-order valence-electron chi connectivity index (χ0n) is 21.5. The van der Waals surface area contributed by atoms with Gasteiger partial charge in [0.15, 0.2) is 11.5 Å². The third-order valence-corrected chi connectivity index (χ3v) is 7.04. The Labute approximate surface area is 217 Å². The smallest absolute Gasteiger partial charge is 0.416 e. The molecule has 11 nitrogen and oxygen atoms in total. The van der Waals surface area contributed by atoms with E-state index < -0.39 is 49.3 Å². The summed E-state index contributed by atoms with van der Waals surface area (Å²) in [6.07, 6.45) is -3.24. The van der Waals surface area contributed by atoms with E-state index in [9.17, 15) is 22.5 Å². The van der Waals surface area contributed by atoms with Crippen molar-refractivity contribution in [3.63, 3.8) is 0 Å². The molecule has 0 saturated heterocycles. The minimum Gasteiger partial charge on any atom is -0.462 e. The molecule has 3 rings (SSSR count). The summed E-state index contributed by atoms with van der Waals surface area (Å²) in [7, 11) is -4.04. The van der Waals surface area contributed by atoms with E-state index in [-0.39, 0.29) is 18.1 Å². The zero-order valence-corrected chi connectivity index (χ0v) is 22.4. The largest absolute Gasteiger partial charge is 0.462 e. The number of nitrogens with one attached hydrogen (secondary N) is 1. The lowest BCUT2D eigenvalue weighted by Crippen LogP contribution is -2.48. The van der Waals surface area contributed by atoms with E-state index >= 15 is 0 Å². The van der Waals surface area contributed by atoms with Crippen LogP contribution in [0.3, 0.4) is 0 Å². The van der Waals surface area contributed by atoms with Crippen LogP contribution in [0.25, 0.3) is 11.2 Å². The average molecular weight is 558 g/mol. The molecule has 0 aliphatic heterocycles. The van der Waals surface area contributed by atoms with Gasteiger partial charge in [-0.3, -0.25) is 9.36 Å². The molecule has 2 atom stereocenters. The Morgan fingerprint density at radius 1 is 1.13 bits per heavy atom. The second-order valence-corrected chi connectivity index (χ2v) is 11.4. The molecule has 2 heterocycles. The number of hydrogen-bond donors (Lipinski definition) is 2. The van der Waals surface area contributed by atoms with Crippen LogP contribution >= 0.6 is 7.52 Å². The lowest BCUT2D eigenvalue weighted by Gasteiger charge is -2.31. The number of benzene rings is 1. The second kappa shape index (κ2) is 11.3. The van der Waals surface area contributed by atoms with Crippen molar-refractivity contribution in [2.45, 2.75) is 65.1 Å². The van der Waals surface area contributed by atoms with Gasteiger partial charge in [0.2, 0.25) is 0 Å². The highest BCUT2D eigenvalue weighted by Gasteiger charge is 2.40. The summed E-state index contributed by atoms with van der Waals surface area (Å²) in [5, 5.41) is 2.67. The number of rotatable bonds is 11. The third-order valence-electron chi connectivity index (χ3n) is 5.15. The molecule has 0 amide bonds. The lowest BCUT2D eigenvalue weighted by atomic mass is 10.1. The minimum absolute atomic E-state index is 0.106. The Kier molecular flexibility index (Phi) is 8.69. The van der Waals surface area contributed by atoms with E-state index in [0.717, 1.165) is 24.3 Å². The minimum atomic E-state index is -4.55. The number of aromatic nitrogens is 4. The number of halogens is 3. The predicted octanol–water partition coefficient (Wildman–Crippen LogP) is 4.38. The number of carbonyl (C=O) groups excluding carboxylic acids is 1. The molecule has 0 spiro atoms. The molecule has 3 aromatic rings. The SMILES string of the molecule is CC(C)OC(=O)C(C)(C)NP(=O)(COC(C)Cn1cnc2c(N)ncnc21)Oc1ccc(C(F)(F)F)cc1. The van der Waals surface area contributed by atoms with Crippen molar-refractivity contribution < 1.29 is 36.5 Å². The Morgan fingerprint density at radius 3 is 2.39 bits per heavy atom. The number of alkyl halides is 3. The van der Waals surface area contributed by atoms with Gasteiger partial charge in [-0.1, -0.05) is 0 Å². The van der Waals surface area contributed by atoms with Crippen LogP contribution in [-0.2, 0) is 31.6 Å². The first-order chi connectivity index (χ1) is 17.6. The molecule has 0 aliphatic rings. The summed E-state index contributed by atoms with van der Waals surface area (Å²) in [5.41, 5.74) is 4.34. The number of ether oxygens (including phenoxy) is 2. The lowest BCUT2D eigenvalue weighted by molar-refractivity contribution is -0.153. The fraction of sp³-hybridized carbons (Fsp3) is 0.478. The normalized spacial score (nSPS) is 14.9. The average Bonchev–Trinajstić information content (AvgIpc) is 3.21. The van der Waals surface area contributed by atoms with Crippen molar-refractivity contribution in [2.24, 2.45) is 0 Å². The Hall–Kier alpha value is -3.22. The highest BCUT2D eigenvalue weighted by atomic mass is 31.2. The highest BCUT2D eigenvalue weighted by molar-refractivity contribution is 7.57. The van der Waals surface area contributed by atoms with Crippen molar-refractivity contribution in [1.29, 1.82) is 0 Å². The maximum absolute atomic E-state index is 13.9. The van der Waals surface area contributed by atoms with Crippen LogP contribution in [0, 0.1) is 0 Å². The van der Waals surface area contributed by atoms with Crippen LogP contribution in [0.5, 0.6) is 5.75 Å². The number of esters is 1. The molecule has 0 aliphatic carbocycles. The maximum Gasteiger partial charge on any atom is 0.416 e. The van der Waals surface area contributed by atoms with Crippen LogP contribution < -0.4 is 15.3 Å². The molecule has 1 aromatic carbocycles. The van der Waals surface area contributed by atoms with Crippen molar-refractivity contribution in [1.82, 2.24) is 24.6 Å². The zero-order chi connectivity index (χ0) is 28.3. The Balaban J connectivity index is 1.79. The molecule has 0 radical (unpaired) electrons. The van der Waals surface area contributed by atoms with Crippen molar-refractivity contribution >= 4 is 30.5 Å². The molecular weight excluding hydrogens is 528 g/mol. The standard InChI is InChI=1S/C23H30F3N6O5P/c1-14(2)36-21(33)22(4,5)31-38(34,37-17-8-6-16(7-9-17)23(24,25)26)13-35-15(3)10-32-12-30-18-19(27)28-11-29-20(18)32/h6-9,11-12,14-15H,10,13H2,1-5H3,(H,31,34)(H2,27,28,29). The highest BCUT2D eigenvalue weighted by Crippen LogP contribution is 2.46. The molecule has 3 N–H and O–H groups in total. The van der Waals surface area contributed by atoms with Gasteiger partial charge in [-0.2, -0.15) is 13.2 Å². The Morgan fingerprint density at radius 2 is 1.79 bits per heavy atom. The molecule has 15 heteroatoms. The maximum atomic E-state index is 13.9. The summed E-state index contributed by atoms with van der Waals surface area (Å²) in [6.45, 7) is 8.17. The summed E-state index contributed by atoms with van der Waals surface area (Å²) in [4.78, 5) is 24.8. The quantitative estimate of drug-likeness (QED) is 0.257. The van der Waals surface area contributed by atoms with Gasteiger partial charge in [-0.15, -0.1) is 0 Å². The van der Waals surface area contributed by atoms with Crippen LogP contribution in [0.2, 0.25) is 0 Å². The summed E-state index contributed by atoms with van der Waals surface area (Å²) in [5.74, 6) is -0.582. The second-order valence-electron chi connectivity index (χ2n) is 9.41. The first-order valence-corrected chi connectivity index (χ1v) is 13.4. The fourth-order valence-corrected chi connectivity index (χ4v) is 5.40. The summed E-state index contributed by atoms with van der Waals surface area (Å²) in [6, 6.07) is 3.70. The molecule has 2 unspecified atom stereocenters. The number of imidazole rings is 1. The van der Waals surface area contributed by atoms with Crippen molar-refractivity contribution in [3.05, 3.63) is 42.5 Å². The van der Waals surface area contributed by atoms with E-state index in [0.29, 0.717) is 11.2 Å². The van der Waals surface area contributed by atoms with Crippen LogP contribution in [-0.4, -0.2) is 49.6 Å². The van der Waals surface area contributed by atoms with Crippen LogP contribution in [0.4, 0.5) is 19.0 Å². The number of carbonyl (C=O) groups is 1. The van der Waals surface area contributed by atoms with E-state index in [2.05, 4.69) is 20.0 Å². The van der Waals surface area contributed by atoms with Gasteiger partial charge in [0.1, 0.15) is 29.5 Å². The van der Waals surface area contributed by atoms with Crippen LogP contribution in [0.1, 0.15) is 40.2 Å². The molecule has 0 bridgehead atoms. The number of hydrogen-bond acceptors (Lipinski definition) is 9. The number of nitrogens with two attached hydrogens (primary N) is 1. The number of anilines is 1. The number of nitrogen functional groups attached to an aromatic ring is 1. The molecule has 208 valence electrons. The fourth-order valence-electron chi connectivity index (χ4n) is 3.38. The Bertz CT molecular complexity index is 1310. The van der Waals surface area contributed by atoms with Crippen LogP contribution in [0.15, 0.2) is 36.9 Å². The van der Waals surface area contributed by atoms with Gasteiger partial charge in [-0.25, -0.2) is 20.0 Å². The monoisotopic (exact) mass is 558 g/mol. The molecule has 0 saturated carbocycles. The summed E-state index contributed by atoms with van der Waals surface area (Å²) < 4.78 is 71.1. The number of fused-ring (bicyclic) bond motifs is 1. The van der Waals surface area contributed by atoms with E-state index in [1.165, 1.54) is 26.5 Å². The third kappa shape index (κ3) is 7.42. The van der Waals surface area contributed by atoms with E-state index in [1.54, 1.807) is 25.3 Å².